The van der Waals surface area contributed by atoms with E-state index < -0.39 is 9.85 Å². The first-order valence-corrected chi connectivity index (χ1v) is 8.63. The predicted octanol–water partition coefficient (Wildman–Crippen LogP) is 4.69. The van der Waals surface area contributed by atoms with Crippen molar-refractivity contribution in [2.75, 3.05) is 5.32 Å². The highest BCUT2D eigenvalue weighted by molar-refractivity contribution is 6.33. The van der Waals surface area contributed by atoms with E-state index in [0.717, 1.165) is 11.6 Å². The molecule has 0 fully saturated rings. The molecule has 27 heavy (non-hydrogen) atoms. The number of benzene rings is 2. The lowest BCUT2D eigenvalue weighted by Gasteiger charge is -2.37. The number of non-ortho nitro benzene ring substituents is 1. The summed E-state index contributed by atoms with van der Waals surface area (Å²) in [5.74, 6) is -0.478. The van der Waals surface area contributed by atoms with Gasteiger partial charge < -0.3 is 10.4 Å². The van der Waals surface area contributed by atoms with Gasteiger partial charge in [0, 0.05) is 24.1 Å². The van der Waals surface area contributed by atoms with E-state index in [0.29, 0.717) is 12.0 Å². The van der Waals surface area contributed by atoms with Crippen molar-refractivity contribution in [3.05, 3.63) is 78.9 Å². The van der Waals surface area contributed by atoms with Gasteiger partial charge in [-0.25, -0.2) is 0 Å². The summed E-state index contributed by atoms with van der Waals surface area (Å²) in [5.41, 5.74) is 1.24. The van der Waals surface area contributed by atoms with E-state index in [2.05, 4.69) is 5.32 Å². The van der Waals surface area contributed by atoms with Gasteiger partial charge in [-0.15, -0.1) is 0 Å². The van der Waals surface area contributed by atoms with Crippen molar-refractivity contribution in [2.45, 2.75) is 18.4 Å². The fourth-order valence-corrected chi connectivity index (χ4v) is 4.30. The molecule has 2 aromatic rings. The van der Waals surface area contributed by atoms with Crippen LogP contribution in [0.1, 0.15) is 29.5 Å². The number of aromatic hydroxyl groups is 1. The Bertz CT molecular complexity index is 989. The minimum Gasteiger partial charge on any atom is -0.506 e. The molecule has 1 aliphatic carbocycles. The van der Waals surface area contributed by atoms with Crippen LogP contribution in [0.4, 0.5) is 17.1 Å². The van der Waals surface area contributed by atoms with Gasteiger partial charge in [0.1, 0.15) is 10.8 Å². The predicted molar refractivity (Wildman–Crippen MR) is 99.2 cm³/mol. The van der Waals surface area contributed by atoms with Crippen LogP contribution in [0.3, 0.4) is 0 Å². The van der Waals surface area contributed by atoms with Crippen molar-refractivity contribution in [3.8, 4) is 5.75 Å². The zero-order valence-electron chi connectivity index (χ0n) is 13.8. The fourth-order valence-electron chi connectivity index (χ4n) is 4.03. The topological polar surface area (TPSA) is 119 Å². The Hall–Kier alpha value is -3.13. The third kappa shape index (κ3) is 2.69. The number of nitrogens with zero attached hydrogens (tertiary/aromatic N) is 2. The van der Waals surface area contributed by atoms with Gasteiger partial charge in [0.05, 0.1) is 27.1 Å². The number of anilines is 1. The van der Waals surface area contributed by atoms with Crippen LogP contribution < -0.4 is 5.32 Å². The van der Waals surface area contributed by atoms with Crippen molar-refractivity contribution < 1.29 is 15.0 Å². The second kappa shape index (κ2) is 6.24. The molecule has 0 radical (unpaired) electrons. The van der Waals surface area contributed by atoms with Gasteiger partial charge in [-0.2, -0.15) is 0 Å². The molecule has 8 nitrogen and oxygen atoms in total. The maximum Gasteiger partial charge on any atom is 0.293 e. The van der Waals surface area contributed by atoms with Crippen LogP contribution in [-0.4, -0.2) is 15.0 Å². The number of fused-ring (bicyclic) bond motifs is 3. The standard InChI is InChI=1S/C18H14ClN3O5/c19-13-8-14(23)17-15(18(13)22(26)27)11-2-1-3-12(11)16(20-17)9-4-6-10(7-5-9)21(24)25/h1-2,4-8,11-12,16,20,23H,3H2/t11-,12-,16-/m0/s1. The highest BCUT2D eigenvalue weighted by atomic mass is 35.5. The summed E-state index contributed by atoms with van der Waals surface area (Å²) in [6.07, 6.45) is 4.53. The van der Waals surface area contributed by atoms with Crippen LogP contribution in [0.25, 0.3) is 0 Å². The van der Waals surface area contributed by atoms with Crippen LogP contribution >= 0.6 is 11.6 Å². The number of nitro benzene ring substituents is 2. The molecular formula is C18H14ClN3O5. The summed E-state index contributed by atoms with van der Waals surface area (Å²) < 4.78 is 0. The van der Waals surface area contributed by atoms with E-state index in [4.69, 9.17) is 11.6 Å². The second-order valence-corrected chi connectivity index (χ2v) is 7.00. The monoisotopic (exact) mass is 387 g/mol. The Labute approximate surface area is 158 Å². The molecule has 1 aliphatic heterocycles. The SMILES string of the molecule is O=[N+]([O-])c1ccc([C@@H]2Nc3c(O)cc(Cl)c([N+](=O)[O-])c3[C@H]3C=CC[C@@H]32)cc1. The molecule has 2 aliphatic rings. The van der Waals surface area contributed by atoms with Gasteiger partial charge in [0.15, 0.2) is 0 Å². The number of rotatable bonds is 3. The number of halogens is 1. The first-order valence-electron chi connectivity index (χ1n) is 8.25. The molecule has 0 aromatic heterocycles. The first kappa shape index (κ1) is 17.3. The lowest BCUT2D eigenvalue weighted by atomic mass is 9.76. The molecule has 2 N–H and O–H groups in total. The normalized spacial score (nSPS) is 22.6. The molecule has 0 unspecified atom stereocenters. The Kier molecular flexibility index (Phi) is 4.00. The average Bonchev–Trinajstić information content (AvgIpc) is 3.11. The van der Waals surface area contributed by atoms with Gasteiger partial charge in [-0.1, -0.05) is 35.9 Å². The summed E-state index contributed by atoms with van der Waals surface area (Å²) in [4.78, 5) is 21.5. The van der Waals surface area contributed by atoms with Gasteiger partial charge in [0.2, 0.25) is 0 Å². The number of nitro groups is 2. The maximum absolute atomic E-state index is 11.6. The van der Waals surface area contributed by atoms with Crippen LogP contribution in [-0.2, 0) is 0 Å². The van der Waals surface area contributed by atoms with E-state index in [1.54, 1.807) is 12.1 Å². The highest BCUT2D eigenvalue weighted by Crippen LogP contribution is 2.56. The van der Waals surface area contributed by atoms with Gasteiger partial charge in [-0.3, -0.25) is 20.2 Å². The zero-order valence-corrected chi connectivity index (χ0v) is 14.6. The molecule has 0 bridgehead atoms. The summed E-state index contributed by atoms with van der Waals surface area (Å²) in [6.45, 7) is 0. The third-order valence-corrected chi connectivity index (χ3v) is 5.48. The molecule has 0 spiro atoms. The number of nitrogens with one attached hydrogen (secondary N) is 1. The molecule has 3 atom stereocenters. The molecule has 0 saturated heterocycles. The maximum atomic E-state index is 11.6. The number of allylic oxidation sites excluding steroid dienone is 2. The summed E-state index contributed by atoms with van der Waals surface area (Å²) in [5, 5.41) is 35.9. The Morgan fingerprint density at radius 3 is 2.48 bits per heavy atom. The van der Waals surface area contributed by atoms with E-state index >= 15 is 0 Å². The Morgan fingerprint density at radius 2 is 1.85 bits per heavy atom. The van der Waals surface area contributed by atoms with Crippen molar-refractivity contribution in [1.29, 1.82) is 0 Å². The molecule has 138 valence electrons. The molecule has 2 aromatic carbocycles. The van der Waals surface area contributed by atoms with Crippen LogP contribution in [0.15, 0.2) is 42.5 Å². The lowest BCUT2D eigenvalue weighted by molar-refractivity contribution is -0.385. The molecule has 1 heterocycles. The zero-order chi connectivity index (χ0) is 19.3. The Balaban J connectivity index is 1.84. The Morgan fingerprint density at radius 1 is 1.15 bits per heavy atom. The first-order chi connectivity index (χ1) is 12.9. The van der Waals surface area contributed by atoms with E-state index in [1.807, 2.05) is 12.2 Å². The van der Waals surface area contributed by atoms with Gasteiger partial charge in [-0.05, 0) is 17.9 Å². The average molecular weight is 388 g/mol. The summed E-state index contributed by atoms with van der Waals surface area (Å²) >= 11 is 6.03. The molecule has 9 heteroatoms. The van der Waals surface area contributed by atoms with Crippen LogP contribution in [0, 0.1) is 26.1 Å². The van der Waals surface area contributed by atoms with E-state index in [9.17, 15) is 25.3 Å². The minimum atomic E-state index is -0.530. The number of hydrogen-bond acceptors (Lipinski definition) is 6. The molecule has 0 saturated carbocycles. The highest BCUT2D eigenvalue weighted by Gasteiger charge is 2.43. The number of phenolic OH excluding ortho intramolecular Hbond substituents is 1. The van der Waals surface area contributed by atoms with Crippen molar-refractivity contribution in [2.24, 2.45) is 5.92 Å². The number of phenols is 1. The number of hydrogen-bond donors (Lipinski definition) is 2. The van der Waals surface area contributed by atoms with Gasteiger partial charge in [0.25, 0.3) is 11.4 Å². The van der Waals surface area contributed by atoms with Crippen LogP contribution in [0.2, 0.25) is 5.02 Å². The minimum absolute atomic E-state index is 0.0127. The van der Waals surface area contributed by atoms with E-state index in [-0.39, 0.29) is 45.7 Å². The smallest absolute Gasteiger partial charge is 0.293 e. The molecule has 0 amide bonds. The van der Waals surface area contributed by atoms with E-state index in [1.165, 1.54) is 12.1 Å². The lowest BCUT2D eigenvalue weighted by Crippen LogP contribution is -2.29. The fraction of sp³-hybridized carbons (Fsp3) is 0.222. The van der Waals surface area contributed by atoms with Crippen molar-refractivity contribution in [1.82, 2.24) is 0 Å². The second-order valence-electron chi connectivity index (χ2n) is 6.60. The summed E-state index contributed by atoms with van der Waals surface area (Å²) in [7, 11) is 0. The van der Waals surface area contributed by atoms with Crippen LogP contribution in [0.5, 0.6) is 5.75 Å². The van der Waals surface area contributed by atoms with Crippen molar-refractivity contribution >= 4 is 28.7 Å². The molecule has 4 rings (SSSR count). The third-order valence-electron chi connectivity index (χ3n) is 5.19. The molecular weight excluding hydrogens is 374 g/mol. The van der Waals surface area contributed by atoms with Crippen molar-refractivity contribution in [3.63, 3.8) is 0 Å². The summed E-state index contributed by atoms with van der Waals surface area (Å²) in [6, 6.07) is 7.08. The quantitative estimate of drug-likeness (QED) is 0.341. The largest absolute Gasteiger partial charge is 0.506 e. The van der Waals surface area contributed by atoms with Gasteiger partial charge >= 0.3 is 0 Å².